The summed E-state index contributed by atoms with van der Waals surface area (Å²) >= 11 is 0. The Bertz CT molecular complexity index is 400. The molecule has 0 bridgehead atoms. The highest BCUT2D eigenvalue weighted by atomic mass is 32.2. The predicted molar refractivity (Wildman–Crippen MR) is 66.9 cm³/mol. The zero-order valence-corrected chi connectivity index (χ0v) is 10.7. The third-order valence-electron chi connectivity index (χ3n) is 2.62. The molecule has 0 fully saturated rings. The fourth-order valence-electron chi connectivity index (χ4n) is 1.51. The number of benzene rings is 1. The van der Waals surface area contributed by atoms with Crippen LogP contribution in [0.3, 0.4) is 0 Å². The van der Waals surface area contributed by atoms with Crippen molar-refractivity contribution in [1.82, 2.24) is 4.31 Å². The Hall–Kier alpha value is -0.870. The van der Waals surface area contributed by atoms with Crippen LogP contribution in [-0.2, 0) is 16.4 Å². The van der Waals surface area contributed by atoms with E-state index in [0.29, 0.717) is 6.54 Å². The van der Waals surface area contributed by atoms with Gasteiger partial charge in [-0.05, 0) is 25.3 Å². The Morgan fingerprint density at radius 1 is 1.19 bits per heavy atom. The number of nitrogens with zero attached hydrogens (tertiary/aromatic N) is 1. The van der Waals surface area contributed by atoms with Gasteiger partial charge in [-0.15, -0.1) is 0 Å². The molecule has 0 unspecified atom stereocenters. The van der Waals surface area contributed by atoms with Crippen molar-refractivity contribution in [2.45, 2.75) is 19.8 Å². The molecule has 1 aromatic rings. The molecule has 3 nitrogen and oxygen atoms in total. The molecule has 0 aliphatic carbocycles. The van der Waals surface area contributed by atoms with E-state index < -0.39 is 10.0 Å². The largest absolute Gasteiger partial charge is 0.213 e. The first-order valence-electron chi connectivity index (χ1n) is 5.54. The third kappa shape index (κ3) is 3.94. The molecule has 0 saturated carbocycles. The summed E-state index contributed by atoms with van der Waals surface area (Å²) in [5.41, 5.74) is 1.25. The van der Waals surface area contributed by atoms with Crippen LogP contribution in [0.1, 0.15) is 18.9 Å². The number of sulfonamides is 1. The summed E-state index contributed by atoms with van der Waals surface area (Å²) in [6.45, 7) is 2.26. The molecule has 0 atom stereocenters. The Labute approximate surface area is 98.1 Å². The van der Waals surface area contributed by atoms with Crippen LogP contribution in [0.2, 0.25) is 0 Å². The average Bonchev–Trinajstić information content (AvgIpc) is 2.30. The second-order valence-corrected chi connectivity index (χ2v) is 6.18. The van der Waals surface area contributed by atoms with Crippen LogP contribution in [0.4, 0.5) is 0 Å². The van der Waals surface area contributed by atoms with Crippen molar-refractivity contribution in [2.75, 3.05) is 19.3 Å². The topological polar surface area (TPSA) is 37.4 Å². The minimum absolute atomic E-state index is 0.175. The van der Waals surface area contributed by atoms with E-state index in [4.69, 9.17) is 0 Å². The maximum absolute atomic E-state index is 11.5. The van der Waals surface area contributed by atoms with Crippen LogP contribution >= 0.6 is 0 Å². The van der Waals surface area contributed by atoms with Crippen LogP contribution < -0.4 is 0 Å². The molecule has 0 N–H and O–H groups in total. The Kier molecular flexibility index (Phi) is 4.96. The molecule has 0 amide bonds. The molecule has 0 aliphatic rings. The number of hydrogen-bond donors (Lipinski definition) is 0. The number of hydrogen-bond acceptors (Lipinski definition) is 2. The zero-order chi connectivity index (χ0) is 12.0. The van der Waals surface area contributed by atoms with Crippen molar-refractivity contribution in [3.63, 3.8) is 0 Å². The fourth-order valence-corrected chi connectivity index (χ4v) is 2.36. The van der Waals surface area contributed by atoms with Crippen molar-refractivity contribution in [1.29, 1.82) is 0 Å². The Morgan fingerprint density at radius 3 is 2.38 bits per heavy atom. The average molecular weight is 241 g/mol. The van der Waals surface area contributed by atoms with Crippen molar-refractivity contribution in [3.8, 4) is 0 Å². The molecule has 0 spiro atoms. The van der Waals surface area contributed by atoms with Crippen LogP contribution in [0, 0.1) is 0 Å². The first-order valence-corrected chi connectivity index (χ1v) is 7.15. The van der Waals surface area contributed by atoms with E-state index in [0.717, 1.165) is 12.8 Å². The molecule has 1 rings (SSSR count). The van der Waals surface area contributed by atoms with Crippen LogP contribution in [0.15, 0.2) is 30.3 Å². The molecule has 0 aliphatic heterocycles. The van der Waals surface area contributed by atoms with Crippen LogP contribution in [0.5, 0.6) is 0 Å². The van der Waals surface area contributed by atoms with Gasteiger partial charge >= 0.3 is 0 Å². The van der Waals surface area contributed by atoms with Gasteiger partial charge in [0.25, 0.3) is 0 Å². The number of rotatable bonds is 6. The van der Waals surface area contributed by atoms with E-state index >= 15 is 0 Å². The molecule has 4 heteroatoms. The summed E-state index contributed by atoms with van der Waals surface area (Å²) < 4.78 is 24.4. The fraction of sp³-hybridized carbons (Fsp3) is 0.500. The summed E-state index contributed by atoms with van der Waals surface area (Å²) in [6, 6.07) is 10.1. The van der Waals surface area contributed by atoms with Gasteiger partial charge in [0.15, 0.2) is 0 Å². The van der Waals surface area contributed by atoms with Crippen LogP contribution in [0.25, 0.3) is 0 Å². The summed E-state index contributed by atoms with van der Waals surface area (Å²) in [5, 5.41) is 0. The van der Waals surface area contributed by atoms with E-state index in [1.54, 1.807) is 14.0 Å². The normalized spacial score (nSPS) is 11.9. The first-order chi connectivity index (χ1) is 7.56. The number of aryl methyl sites for hydroxylation is 1. The van der Waals surface area contributed by atoms with Crippen LogP contribution in [-0.4, -0.2) is 32.1 Å². The first kappa shape index (κ1) is 13.2. The maximum Gasteiger partial charge on any atom is 0.213 e. The van der Waals surface area contributed by atoms with Crippen molar-refractivity contribution in [3.05, 3.63) is 35.9 Å². The highest BCUT2D eigenvalue weighted by Gasteiger charge is 2.13. The van der Waals surface area contributed by atoms with Gasteiger partial charge in [0.2, 0.25) is 10.0 Å². The second-order valence-electron chi connectivity index (χ2n) is 3.81. The predicted octanol–water partition coefficient (Wildman–Crippen LogP) is 1.90. The molecular formula is C12H19NO2S. The molecule has 16 heavy (non-hydrogen) atoms. The van der Waals surface area contributed by atoms with Gasteiger partial charge in [-0.2, -0.15) is 0 Å². The SMILES string of the molecule is CCS(=O)(=O)N(C)CCCc1ccccc1. The molecule has 1 aromatic carbocycles. The van der Waals surface area contributed by atoms with E-state index in [1.807, 2.05) is 18.2 Å². The van der Waals surface area contributed by atoms with Gasteiger partial charge < -0.3 is 0 Å². The Balaban J connectivity index is 2.37. The molecule has 0 heterocycles. The minimum Gasteiger partial charge on any atom is -0.212 e. The summed E-state index contributed by atoms with van der Waals surface area (Å²) in [4.78, 5) is 0. The second kappa shape index (κ2) is 6.01. The quantitative estimate of drug-likeness (QED) is 0.763. The van der Waals surface area contributed by atoms with Gasteiger partial charge in [-0.25, -0.2) is 12.7 Å². The zero-order valence-electron chi connectivity index (χ0n) is 9.89. The molecule has 0 aromatic heterocycles. The minimum atomic E-state index is -3.02. The van der Waals surface area contributed by atoms with Gasteiger partial charge in [0.1, 0.15) is 0 Å². The molecule has 0 saturated heterocycles. The summed E-state index contributed by atoms with van der Waals surface area (Å²) in [5.74, 6) is 0.175. The smallest absolute Gasteiger partial charge is 0.212 e. The van der Waals surface area contributed by atoms with Gasteiger partial charge in [-0.3, -0.25) is 0 Å². The lowest BCUT2D eigenvalue weighted by molar-refractivity contribution is 0.462. The summed E-state index contributed by atoms with van der Waals surface area (Å²) in [6.07, 6.45) is 1.78. The lowest BCUT2D eigenvalue weighted by Gasteiger charge is -2.15. The van der Waals surface area contributed by atoms with Gasteiger partial charge in [0, 0.05) is 13.6 Å². The maximum atomic E-state index is 11.5. The van der Waals surface area contributed by atoms with Crippen molar-refractivity contribution < 1.29 is 8.42 Å². The highest BCUT2D eigenvalue weighted by Crippen LogP contribution is 2.05. The Morgan fingerprint density at radius 2 is 1.81 bits per heavy atom. The summed E-state index contributed by atoms with van der Waals surface area (Å²) in [7, 11) is -1.38. The molecular weight excluding hydrogens is 222 g/mol. The van der Waals surface area contributed by atoms with Crippen molar-refractivity contribution >= 4 is 10.0 Å². The lowest BCUT2D eigenvalue weighted by Crippen LogP contribution is -2.29. The van der Waals surface area contributed by atoms with Crippen molar-refractivity contribution in [2.24, 2.45) is 0 Å². The standard InChI is InChI=1S/C12H19NO2S/c1-3-16(14,15)13(2)11-7-10-12-8-5-4-6-9-12/h4-6,8-9H,3,7,10-11H2,1-2H3. The van der Waals surface area contributed by atoms with E-state index in [-0.39, 0.29) is 5.75 Å². The monoisotopic (exact) mass is 241 g/mol. The molecule has 90 valence electrons. The van der Waals surface area contributed by atoms with Gasteiger partial charge in [-0.1, -0.05) is 30.3 Å². The highest BCUT2D eigenvalue weighted by molar-refractivity contribution is 7.89. The van der Waals surface area contributed by atoms with E-state index in [1.165, 1.54) is 9.87 Å². The van der Waals surface area contributed by atoms with Gasteiger partial charge in [0.05, 0.1) is 5.75 Å². The van der Waals surface area contributed by atoms with E-state index in [2.05, 4.69) is 12.1 Å². The third-order valence-corrected chi connectivity index (χ3v) is 4.48. The molecule has 0 radical (unpaired) electrons. The van der Waals surface area contributed by atoms with E-state index in [9.17, 15) is 8.42 Å². The lowest BCUT2D eigenvalue weighted by atomic mass is 10.1.